The van der Waals surface area contributed by atoms with Crippen molar-refractivity contribution in [3.05, 3.63) is 58.7 Å². The minimum atomic E-state index is -0.194. The Kier molecular flexibility index (Phi) is 6.41. The van der Waals surface area contributed by atoms with Crippen LogP contribution in [0.15, 0.2) is 30.3 Å². The number of nitrogens with one attached hydrogen (secondary N) is 1. The van der Waals surface area contributed by atoms with E-state index in [1.807, 2.05) is 30.7 Å². The summed E-state index contributed by atoms with van der Waals surface area (Å²) in [6.45, 7) is 3.50. The third kappa shape index (κ3) is 4.32. The van der Waals surface area contributed by atoms with Gasteiger partial charge in [0.25, 0.3) is 0 Å². The van der Waals surface area contributed by atoms with Crippen LogP contribution in [0.4, 0.5) is 4.39 Å². The number of rotatable bonds is 5. The molecule has 0 unspecified atom stereocenters. The van der Waals surface area contributed by atoms with Gasteiger partial charge in [-0.1, -0.05) is 12.1 Å². The van der Waals surface area contributed by atoms with Crippen LogP contribution < -0.4 is 5.32 Å². The van der Waals surface area contributed by atoms with Gasteiger partial charge in [0.2, 0.25) is 0 Å². The minimum Gasteiger partial charge on any atom is -0.340 e. The Morgan fingerprint density at radius 3 is 2.71 bits per heavy atom. The summed E-state index contributed by atoms with van der Waals surface area (Å²) in [5.41, 5.74) is 3.88. The Morgan fingerprint density at radius 1 is 1.33 bits per heavy atom. The van der Waals surface area contributed by atoms with Crippen LogP contribution >= 0.6 is 12.4 Å². The molecule has 0 saturated carbocycles. The maximum Gasteiger partial charge on any atom is 0.123 e. The molecule has 3 nitrogen and oxygen atoms in total. The van der Waals surface area contributed by atoms with E-state index in [4.69, 9.17) is 5.26 Å². The molecule has 112 valence electrons. The summed E-state index contributed by atoms with van der Waals surface area (Å²) in [4.78, 5) is 0. The van der Waals surface area contributed by atoms with Crippen molar-refractivity contribution in [3.8, 4) is 6.07 Å². The molecule has 21 heavy (non-hydrogen) atoms. The number of nitrogens with zero attached hydrogens (tertiary/aromatic N) is 2. The Balaban J connectivity index is 0.00000220. The number of benzene rings is 1. The zero-order chi connectivity index (χ0) is 14.5. The topological polar surface area (TPSA) is 40.8 Å². The second kappa shape index (κ2) is 7.82. The molecule has 1 N–H and O–H groups in total. The Bertz CT molecular complexity index is 643. The lowest BCUT2D eigenvalue weighted by Crippen LogP contribution is -2.17. The summed E-state index contributed by atoms with van der Waals surface area (Å²) in [5.74, 6) is -0.194. The van der Waals surface area contributed by atoms with Crippen molar-refractivity contribution in [3.63, 3.8) is 0 Å². The van der Waals surface area contributed by atoms with Crippen molar-refractivity contribution in [2.24, 2.45) is 7.05 Å². The predicted octanol–water partition coefficient (Wildman–Crippen LogP) is 3.10. The van der Waals surface area contributed by atoms with Crippen molar-refractivity contribution in [2.45, 2.75) is 19.9 Å². The van der Waals surface area contributed by atoms with Gasteiger partial charge < -0.3 is 9.88 Å². The van der Waals surface area contributed by atoms with E-state index in [9.17, 15) is 4.39 Å². The summed E-state index contributed by atoms with van der Waals surface area (Å²) < 4.78 is 14.9. The Hall–Kier alpha value is -1.83. The van der Waals surface area contributed by atoms with Crippen LogP contribution in [-0.4, -0.2) is 11.1 Å². The zero-order valence-corrected chi connectivity index (χ0v) is 13.0. The fourth-order valence-electron chi connectivity index (χ4n) is 2.20. The molecule has 0 aliphatic carbocycles. The molecule has 1 heterocycles. The van der Waals surface area contributed by atoms with Crippen LogP contribution in [0.5, 0.6) is 0 Å². The van der Waals surface area contributed by atoms with Crippen molar-refractivity contribution in [1.82, 2.24) is 9.88 Å². The molecule has 2 aromatic rings. The van der Waals surface area contributed by atoms with Gasteiger partial charge in [-0.15, -0.1) is 12.4 Å². The number of nitriles is 1. The average Bonchev–Trinajstić information content (AvgIpc) is 2.71. The first-order chi connectivity index (χ1) is 9.61. The molecule has 0 saturated heterocycles. The Morgan fingerprint density at radius 2 is 2.10 bits per heavy atom. The van der Waals surface area contributed by atoms with Gasteiger partial charge >= 0.3 is 0 Å². The van der Waals surface area contributed by atoms with Crippen LogP contribution in [0, 0.1) is 24.1 Å². The van der Waals surface area contributed by atoms with Crippen LogP contribution in [0.1, 0.15) is 22.5 Å². The SMILES string of the molecule is Cc1c(CNCCc2cccc(F)c2)cc(C#N)n1C.Cl. The number of hydrogen-bond acceptors (Lipinski definition) is 2. The first kappa shape index (κ1) is 17.2. The fraction of sp³-hybridized carbons (Fsp3) is 0.312. The van der Waals surface area contributed by atoms with E-state index in [0.717, 1.165) is 36.3 Å². The third-order valence-corrected chi connectivity index (χ3v) is 3.55. The van der Waals surface area contributed by atoms with Crippen LogP contribution in [0.25, 0.3) is 0 Å². The highest BCUT2D eigenvalue weighted by Crippen LogP contribution is 2.13. The van der Waals surface area contributed by atoms with Gasteiger partial charge in [0.1, 0.15) is 17.6 Å². The molecular weight excluding hydrogens is 289 g/mol. The highest BCUT2D eigenvalue weighted by atomic mass is 35.5. The minimum absolute atomic E-state index is 0. The van der Waals surface area contributed by atoms with Crippen LogP contribution in [0.2, 0.25) is 0 Å². The number of aromatic nitrogens is 1. The number of hydrogen-bond donors (Lipinski definition) is 1. The van der Waals surface area contributed by atoms with E-state index in [1.165, 1.54) is 6.07 Å². The molecule has 0 spiro atoms. The molecular formula is C16H19ClFN3. The van der Waals surface area contributed by atoms with E-state index in [0.29, 0.717) is 5.69 Å². The summed E-state index contributed by atoms with van der Waals surface area (Å²) in [6, 6.07) is 10.7. The molecule has 5 heteroatoms. The molecule has 0 radical (unpaired) electrons. The molecule has 0 aliphatic heterocycles. The molecule has 0 bridgehead atoms. The van der Waals surface area contributed by atoms with E-state index in [-0.39, 0.29) is 18.2 Å². The summed E-state index contributed by atoms with van der Waals surface area (Å²) >= 11 is 0. The van der Waals surface area contributed by atoms with Crippen molar-refractivity contribution < 1.29 is 4.39 Å². The molecule has 0 atom stereocenters. The zero-order valence-electron chi connectivity index (χ0n) is 12.2. The molecule has 0 aliphatic rings. The molecule has 2 rings (SSSR count). The van der Waals surface area contributed by atoms with Gasteiger partial charge in [0.15, 0.2) is 0 Å². The molecule has 0 fully saturated rings. The largest absolute Gasteiger partial charge is 0.340 e. The summed E-state index contributed by atoms with van der Waals surface area (Å²) in [5, 5.41) is 12.3. The van der Waals surface area contributed by atoms with Crippen molar-refractivity contribution in [1.29, 1.82) is 5.26 Å². The second-order valence-corrected chi connectivity index (χ2v) is 4.87. The summed E-state index contributed by atoms with van der Waals surface area (Å²) in [7, 11) is 1.89. The van der Waals surface area contributed by atoms with Crippen molar-refractivity contribution in [2.75, 3.05) is 6.54 Å². The monoisotopic (exact) mass is 307 g/mol. The van der Waals surface area contributed by atoms with Gasteiger partial charge in [-0.3, -0.25) is 0 Å². The second-order valence-electron chi connectivity index (χ2n) is 4.87. The average molecular weight is 308 g/mol. The smallest absolute Gasteiger partial charge is 0.123 e. The molecule has 1 aromatic heterocycles. The predicted molar refractivity (Wildman–Crippen MR) is 83.9 cm³/mol. The standard InChI is InChI=1S/C16H18FN3.ClH/c1-12-14(9-16(10-18)20(12)2)11-19-7-6-13-4-3-5-15(17)8-13;/h3-5,8-9,19H,6-7,11H2,1-2H3;1H. The Labute approximate surface area is 130 Å². The number of halogens is 2. The van der Waals surface area contributed by atoms with Crippen LogP contribution in [-0.2, 0) is 20.0 Å². The lowest BCUT2D eigenvalue weighted by Gasteiger charge is -2.05. The van der Waals surface area contributed by atoms with Gasteiger partial charge in [-0.2, -0.15) is 5.26 Å². The van der Waals surface area contributed by atoms with Crippen molar-refractivity contribution >= 4 is 12.4 Å². The van der Waals surface area contributed by atoms with Gasteiger partial charge in [0, 0.05) is 19.3 Å². The normalized spacial score (nSPS) is 10.0. The first-order valence-electron chi connectivity index (χ1n) is 6.62. The van der Waals surface area contributed by atoms with E-state index < -0.39 is 0 Å². The van der Waals surface area contributed by atoms with Gasteiger partial charge in [-0.25, -0.2) is 4.39 Å². The quantitative estimate of drug-likeness (QED) is 0.862. The van der Waals surface area contributed by atoms with Gasteiger partial charge in [-0.05, 0) is 49.2 Å². The molecule has 1 aromatic carbocycles. The van der Waals surface area contributed by atoms with Crippen LogP contribution in [0.3, 0.4) is 0 Å². The third-order valence-electron chi connectivity index (χ3n) is 3.55. The van der Waals surface area contributed by atoms with Gasteiger partial charge in [0.05, 0.1) is 0 Å². The lowest BCUT2D eigenvalue weighted by atomic mass is 10.1. The highest BCUT2D eigenvalue weighted by Gasteiger charge is 2.07. The van der Waals surface area contributed by atoms with E-state index >= 15 is 0 Å². The highest BCUT2D eigenvalue weighted by molar-refractivity contribution is 5.85. The van der Waals surface area contributed by atoms with E-state index in [2.05, 4.69) is 11.4 Å². The first-order valence-corrected chi connectivity index (χ1v) is 6.62. The lowest BCUT2D eigenvalue weighted by molar-refractivity contribution is 0.622. The molecule has 0 amide bonds. The fourth-order valence-corrected chi connectivity index (χ4v) is 2.20. The maximum absolute atomic E-state index is 13.0. The maximum atomic E-state index is 13.0. The summed E-state index contributed by atoms with van der Waals surface area (Å²) in [6.07, 6.45) is 0.786. The van der Waals surface area contributed by atoms with E-state index in [1.54, 1.807) is 12.1 Å².